The van der Waals surface area contributed by atoms with Crippen LogP contribution in [-0.2, 0) is 4.79 Å². The molecule has 2 rings (SSSR count). The van der Waals surface area contributed by atoms with Gasteiger partial charge in [0.1, 0.15) is 18.2 Å². The fourth-order valence-electron chi connectivity index (χ4n) is 2.34. The van der Waals surface area contributed by atoms with E-state index in [0.717, 1.165) is 0 Å². The van der Waals surface area contributed by atoms with E-state index in [-0.39, 0.29) is 5.56 Å². The molecule has 3 N–H and O–H groups in total. The molecule has 0 spiro atoms. The van der Waals surface area contributed by atoms with Crippen molar-refractivity contribution in [1.29, 1.82) is 0 Å². The van der Waals surface area contributed by atoms with Gasteiger partial charge < -0.3 is 20.5 Å². The third-order valence-corrected chi connectivity index (χ3v) is 3.20. The summed E-state index contributed by atoms with van der Waals surface area (Å²) in [6.07, 6.45) is 0.562. The van der Waals surface area contributed by atoms with Crippen LogP contribution < -0.4 is 15.4 Å². The van der Waals surface area contributed by atoms with Crippen molar-refractivity contribution in [1.82, 2.24) is 0 Å². The van der Waals surface area contributed by atoms with Gasteiger partial charge in [-0.2, -0.15) is 0 Å². The number of hydrogen-bond acceptors (Lipinski definition) is 4. The average Bonchev–Trinajstić information content (AvgIpc) is 2.38. The summed E-state index contributed by atoms with van der Waals surface area (Å²) in [5.41, 5.74) is 6.10. The number of fused-ring (bicyclic) bond motifs is 1. The number of amides is 1. The molecule has 0 fully saturated rings. The maximum Gasteiger partial charge on any atom is 0.339 e. The predicted molar refractivity (Wildman–Crippen MR) is 69.5 cm³/mol. The number of carboxylic acids is 1. The monoisotopic (exact) mass is 264 g/mol. The number of nitrogens with zero attached hydrogens (tertiary/aromatic N) is 1. The van der Waals surface area contributed by atoms with Gasteiger partial charge in [-0.25, -0.2) is 4.79 Å². The minimum Gasteiger partial charge on any atom is -0.489 e. The number of hydrogen-bond donors (Lipinski definition) is 2. The lowest BCUT2D eigenvalue weighted by atomic mass is 10.1. The quantitative estimate of drug-likeness (QED) is 0.840. The molecule has 102 valence electrons. The molecule has 1 unspecified atom stereocenters. The van der Waals surface area contributed by atoms with Crippen molar-refractivity contribution in [3.63, 3.8) is 0 Å². The van der Waals surface area contributed by atoms with Crippen LogP contribution in [0, 0.1) is 0 Å². The van der Waals surface area contributed by atoms with E-state index >= 15 is 0 Å². The van der Waals surface area contributed by atoms with Gasteiger partial charge in [-0.3, -0.25) is 4.79 Å². The first-order valence-electron chi connectivity index (χ1n) is 6.11. The Bertz CT molecular complexity index is 515. The molecule has 0 saturated carbocycles. The molecular formula is C13H16N2O4. The van der Waals surface area contributed by atoms with E-state index in [1.54, 1.807) is 12.1 Å². The maximum absolute atomic E-state index is 11.5. The summed E-state index contributed by atoms with van der Waals surface area (Å²) in [5.74, 6) is -1.16. The SMILES string of the molecule is CCC(C(N)=O)N1CCOc2c(C(=O)O)cccc21. The van der Waals surface area contributed by atoms with Crippen LogP contribution in [0.1, 0.15) is 23.7 Å². The Kier molecular flexibility index (Phi) is 3.59. The summed E-state index contributed by atoms with van der Waals surface area (Å²) in [6, 6.07) is 4.41. The third kappa shape index (κ3) is 2.33. The topological polar surface area (TPSA) is 92.9 Å². The lowest BCUT2D eigenvalue weighted by Crippen LogP contribution is -2.48. The number of para-hydroxylation sites is 1. The van der Waals surface area contributed by atoms with Crippen molar-refractivity contribution >= 4 is 17.6 Å². The van der Waals surface area contributed by atoms with Crippen LogP contribution >= 0.6 is 0 Å². The van der Waals surface area contributed by atoms with Gasteiger partial charge in [0.2, 0.25) is 5.91 Å². The molecule has 1 amide bonds. The van der Waals surface area contributed by atoms with Crippen LogP contribution in [-0.4, -0.2) is 36.2 Å². The van der Waals surface area contributed by atoms with Crippen LogP contribution in [0.25, 0.3) is 0 Å². The van der Waals surface area contributed by atoms with Crippen molar-refractivity contribution in [2.24, 2.45) is 5.73 Å². The van der Waals surface area contributed by atoms with Crippen LogP contribution in [0.5, 0.6) is 5.75 Å². The molecule has 1 aromatic carbocycles. The Morgan fingerprint density at radius 2 is 2.26 bits per heavy atom. The molecule has 19 heavy (non-hydrogen) atoms. The van der Waals surface area contributed by atoms with Gasteiger partial charge in [-0.05, 0) is 18.6 Å². The van der Waals surface area contributed by atoms with Gasteiger partial charge in [-0.1, -0.05) is 13.0 Å². The third-order valence-electron chi connectivity index (χ3n) is 3.20. The van der Waals surface area contributed by atoms with Gasteiger partial charge >= 0.3 is 5.97 Å². The molecule has 6 nitrogen and oxygen atoms in total. The molecular weight excluding hydrogens is 248 g/mol. The van der Waals surface area contributed by atoms with Gasteiger partial charge in [-0.15, -0.1) is 0 Å². The second kappa shape index (κ2) is 5.17. The van der Waals surface area contributed by atoms with Crippen molar-refractivity contribution in [3.8, 4) is 5.75 Å². The smallest absolute Gasteiger partial charge is 0.339 e. The Morgan fingerprint density at radius 3 is 2.84 bits per heavy atom. The lowest BCUT2D eigenvalue weighted by Gasteiger charge is -2.36. The lowest BCUT2D eigenvalue weighted by molar-refractivity contribution is -0.119. The molecule has 6 heteroatoms. The minimum absolute atomic E-state index is 0.0986. The fraction of sp³-hybridized carbons (Fsp3) is 0.385. The van der Waals surface area contributed by atoms with E-state index in [9.17, 15) is 9.59 Å². The molecule has 1 aliphatic rings. The molecule has 0 saturated heterocycles. The van der Waals surface area contributed by atoms with E-state index in [1.807, 2.05) is 11.8 Å². The van der Waals surface area contributed by atoms with Crippen molar-refractivity contribution in [2.75, 3.05) is 18.1 Å². The molecule has 1 heterocycles. The highest BCUT2D eigenvalue weighted by Crippen LogP contribution is 2.36. The van der Waals surface area contributed by atoms with E-state index in [4.69, 9.17) is 15.6 Å². The summed E-state index contributed by atoms with van der Waals surface area (Å²) >= 11 is 0. The van der Waals surface area contributed by atoms with Crippen molar-refractivity contribution in [2.45, 2.75) is 19.4 Å². The highest BCUT2D eigenvalue weighted by Gasteiger charge is 2.30. The number of ether oxygens (including phenoxy) is 1. The maximum atomic E-state index is 11.5. The highest BCUT2D eigenvalue weighted by atomic mass is 16.5. The molecule has 1 atom stereocenters. The Labute approximate surface area is 110 Å². The van der Waals surface area contributed by atoms with Crippen LogP contribution in [0.2, 0.25) is 0 Å². The molecule has 1 aromatic rings. The van der Waals surface area contributed by atoms with E-state index < -0.39 is 17.9 Å². The van der Waals surface area contributed by atoms with Crippen LogP contribution in [0.3, 0.4) is 0 Å². The highest BCUT2D eigenvalue weighted by molar-refractivity contribution is 5.94. The Hall–Kier alpha value is -2.24. The Balaban J connectivity index is 2.47. The van der Waals surface area contributed by atoms with Gasteiger partial charge in [0.05, 0.1) is 12.2 Å². The zero-order valence-corrected chi connectivity index (χ0v) is 10.6. The second-order valence-electron chi connectivity index (χ2n) is 4.33. The zero-order valence-electron chi connectivity index (χ0n) is 10.6. The molecule has 1 aliphatic heterocycles. The Morgan fingerprint density at radius 1 is 1.53 bits per heavy atom. The largest absolute Gasteiger partial charge is 0.489 e. The summed E-state index contributed by atoms with van der Waals surface area (Å²) in [5, 5.41) is 9.14. The number of carbonyl (C=O) groups excluding carboxylic acids is 1. The minimum atomic E-state index is -1.05. The average molecular weight is 264 g/mol. The van der Waals surface area contributed by atoms with E-state index in [0.29, 0.717) is 31.0 Å². The van der Waals surface area contributed by atoms with Crippen molar-refractivity contribution < 1.29 is 19.4 Å². The number of anilines is 1. The second-order valence-corrected chi connectivity index (χ2v) is 4.33. The number of benzene rings is 1. The first-order valence-corrected chi connectivity index (χ1v) is 6.11. The summed E-state index contributed by atoms with van der Waals surface area (Å²) in [4.78, 5) is 24.5. The number of rotatable bonds is 4. The molecule has 0 aliphatic carbocycles. The van der Waals surface area contributed by atoms with Crippen LogP contribution in [0.15, 0.2) is 18.2 Å². The standard InChI is InChI=1S/C13H16N2O4/c1-2-9(12(14)16)15-6-7-19-11-8(13(17)18)4-3-5-10(11)15/h3-5,9H,2,6-7H2,1H3,(H2,14,16)(H,17,18). The van der Waals surface area contributed by atoms with Gasteiger partial charge in [0.25, 0.3) is 0 Å². The number of carboxylic acid groups (broad SMARTS) is 1. The van der Waals surface area contributed by atoms with E-state index in [2.05, 4.69) is 0 Å². The number of nitrogens with two attached hydrogens (primary N) is 1. The van der Waals surface area contributed by atoms with Crippen molar-refractivity contribution in [3.05, 3.63) is 23.8 Å². The first-order chi connectivity index (χ1) is 9.06. The fourth-order valence-corrected chi connectivity index (χ4v) is 2.34. The molecule has 0 bridgehead atoms. The van der Waals surface area contributed by atoms with E-state index in [1.165, 1.54) is 6.07 Å². The summed E-state index contributed by atoms with van der Waals surface area (Å²) in [6.45, 7) is 2.71. The number of aromatic carboxylic acids is 1. The molecule has 0 aromatic heterocycles. The van der Waals surface area contributed by atoms with Gasteiger partial charge in [0.15, 0.2) is 5.75 Å². The zero-order chi connectivity index (χ0) is 14.0. The summed E-state index contributed by atoms with van der Waals surface area (Å²) in [7, 11) is 0. The number of primary amides is 1. The normalized spacial score (nSPS) is 15.3. The number of carbonyl (C=O) groups is 2. The predicted octanol–water partition coefficient (Wildman–Crippen LogP) is 0.847. The first kappa shape index (κ1) is 13.2. The summed E-state index contributed by atoms with van der Waals surface area (Å²) < 4.78 is 5.45. The van der Waals surface area contributed by atoms with Crippen LogP contribution in [0.4, 0.5) is 5.69 Å². The van der Waals surface area contributed by atoms with Gasteiger partial charge in [0, 0.05) is 0 Å². The molecule has 0 radical (unpaired) electrons.